The molecule has 0 spiro atoms. The number of aromatic hydroxyl groups is 1. The third kappa shape index (κ3) is 4.48. The number of hydrogen-bond donors (Lipinski definition) is 1. The highest BCUT2D eigenvalue weighted by molar-refractivity contribution is 7.82. The Labute approximate surface area is 232 Å². The second-order valence-corrected chi connectivity index (χ2v) is 13.6. The van der Waals surface area contributed by atoms with Gasteiger partial charge in [0.2, 0.25) is 0 Å². The summed E-state index contributed by atoms with van der Waals surface area (Å²) >= 11 is 0. The number of phenols is 1. The fourth-order valence-electron chi connectivity index (χ4n) is 6.06. The highest BCUT2D eigenvalue weighted by Crippen LogP contribution is 2.60. The molecule has 1 aliphatic heterocycles. The van der Waals surface area contributed by atoms with Gasteiger partial charge in [-0.1, -0.05) is 136 Å². The molecule has 2 nitrogen and oxygen atoms in total. The Bertz CT molecular complexity index is 1650. The average Bonchev–Trinajstić information content (AvgIpc) is 3.33. The smallest absolute Gasteiger partial charge is 0.123 e. The number of aliphatic imine (C=N–C) groups is 1. The van der Waals surface area contributed by atoms with Crippen LogP contribution in [0.25, 0.3) is 10.8 Å². The van der Waals surface area contributed by atoms with E-state index in [4.69, 9.17) is 4.99 Å². The van der Waals surface area contributed by atoms with E-state index in [9.17, 15) is 5.11 Å². The molecule has 1 fully saturated rings. The standard InChI is InChI=1S/C36H34NOP/c1-35(2,3)30-21-13-22-31(33(30)38)36(27-16-6-4-7-17-27)24-25-39(28-18-8-5-9-19-28)34(36)37-32-23-12-15-26-14-10-11-20-29(26)32/h4-23,38H,24-25H2,1-3H3. The Morgan fingerprint density at radius 2 is 1.36 bits per heavy atom. The van der Waals surface area contributed by atoms with Crippen molar-refractivity contribution in [3.63, 3.8) is 0 Å². The second-order valence-electron chi connectivity index (χ2n) is 11.4. The van der Waals surface area contributed by atoms with Gasteiger partial charge >= 0.3 is 0 Å². The molecule has 1 heterocycles. The predicted molar refractivity (Wildman–Crippen MR) is 168 cm³/mol. The van der Waals surface area contributed by atoms with Crippen LogP contribution in [0.5, 0.6) is 5.75 Å². The van der Waals surface area contributed by atoms with Crippen molar-refractivity contribution in [3.05, 3.63) is 138 Å². The van der Waals surface area contributed by atoms with Gasteiger partial charge in [-0.15, -0.1) is 0 Å². The molecule has 5 aromatic rings. The lowest BCUT2D eigenvalue weighted by molar-refractivity contribution is 0.432. The largest absolute Gasteiger partial charge is 0.507 e. The summed E-state index contributed by atoms with van der Waals surface area (Å²) in [6.07, 6.45) is 1.90. The van der Waals surface area contributed by atoms with Crippen LogP contribution in [-0.2, 0) is 10.8 Å². The molecule has 5 aromatic carbocycles. The highest BCUT2D eigenvalue weighted by atomic mass is 31.1. The first-order valence-electron chi connectivity index (χ1n) is 13.7. The fraction of sp³-hybridized carbons (Fsp3) is 0.194. The molecular formula is C36H34NOP. The van der Waals surface area contributed by atoms with Crippen LogP contribution in [0.3, 0.4) is 0 Å². The summed E-state index contributed by atoms with van der Waals surface area (Å²) in [5, 5.41) is 15.6. The zero-order valence-corrected chi connectivity index (χ0v) is 23.7. The van der Waals surface area contributed by atoms with Crippen LogP contribution in [0, 0.1) is 0 Å². The van der Waals surface area contributed by atoms with Gasteiger partial charge in [0.15, 0.2) is 0 Å². The summed E-state index contributed by atoms with van der Waals surface area (Å²) in [5.74, 6) is 0.393. The Morgan fingerprint density at radius 1 is 0.718 bits per heavy atom. The van der Waals surface area contributed by atoms with E-state index in [0.717, 1.165) is 40.2 Å². The maximum Gasteiger partial charge on any atom is 0.123 e. The van der Waals surface area contributed by atoms with Crippen LogP contribution in [-0.4, -0.2) is 16.7 Å². The molecule has 2 unspecified atom stereocenters. The summed E-state index contributed by atoms with van der Waals surface area (Å²) in [5.41, 5.74) is 4.54. The summed E-state index contributed by atoms with van der Waals surface area (Å²) in [6, 6.07) is 42.7. The van der Waals surface area contributed by atoms with Crippen LogP contribution >= 0.6 is 7.92 Å². The lowest BCUT2D eigenvalue weighted by atomic mass is 9.71. The topological polar surface area (TPSA) is 32.6 Å². The molecule has 0 radical (unpaired) electrons. The minimum Gasteiger partial charge on any atom is -0.507 e. The zero-order valence-electron chi connectivity index (χ0n) is 22.8. The van der Waals surface area contributed by atoms with Gasteiger partial charge in [-0.25, -0.2) is 0 Å². The molecule has 194 valence electrons. The maximum absolute atomic E-state index is 12.0. The van der Waals surface area contributed by atoms with E-state index >= 15 is 0 Å². The lowest BCUT2D eigenvalue weighted by Gasteiger charge is -2.35. The van der Waals surface area contributed by atoms with Gasteiger partial charge in [0.1, 0.15) is 5.75 Å². The van der Waals surface area contributed by atoms with Gasteiger partial charge < -0.3 is 5.11 Å². The van der Waals surface area contributed by atoms with Crippen LogP contribution in [0.1, 0.15) is 43.9 Å². The number of para-hydroxylation sites is 1. The van der Waals surface area contributed by atoms with E-state index in [-0.39, 0.29) is 5.41 Å². The first-order chi connectivity index (χ1) is 18.9. The molecule has 1 saturated heterocycles. The first-order valence-corrected chi connectivity index (χ1v) is 15.2. The quantitative estimate of drug-likeness (QED) is 0.232. The Morgan fingerprint density at radius 3 is 2.10 bits per heavy atom. The Hall–Kier alpha value is -3.74. The van der Waals surface area contributed by atoms with E-state index < -0.39 is 13.3 Å². The third-order valence-electron chi connectivity index (χ3n) is 7.98. The summed E-state index contributed by atoms with van der Waals surface area (Å²) < 4.78 is 0. The van der Waals surface area contributed by atoms with E-state index in [1.807, 2.05) is 0 Å². The molecule has 6 rings (SSSR count). The second kappa shape index (κ2) is 10.1. The van der Waals surface area contributed by atoms with Crippen molar-refractivity contribution >= 4 is 35.1 Å². The van der Waals surface area contributed by atoms with E-state index in [2.05, 4.69) is 142 Å². The number of benzene rings is 5. The number of phenolic OH excluding ortho intramolecular Hbond substituents is 1. The monoisotopic (exact) mass is 527 g/mol. The SMILES string of the molecule is CC(C)(C)c1cccc(C2(c3ccccc3)CCP(c3ccccc3)C2=Nc2cccc3ccccc23)c1O. The van der Waals surface area contributed by atoms with Gasteiger partial charge in [0.25, 0.3) is 0 Å². The predicted octanol–water partition coefficient (Wildman–Crippen LogP) is 9.07. The normalized spacial score (nSPS) is 20.5. The van der Waals surface area contributed by atoms with Gasteiger partial charge in [-0.2, -0.15) is 0 Å². The molecule has 39 heavy (non-hydrogen) atoms. The molecular weight excluding hydrogens is 493 g/mol. The first kappa shape index (κ1) is 25.5. The molecule has 0 saturated carbocycles. The minimum absolute atomic E-state index is 0.187. The van der Waals surface area contributed by atoms with Gasteiger partial charge in [0.05, 0.1) is 16.6 Å². The number of hydrogen-bond acceptors (Lipinski definition) is 2. The van der Waals surface area contributed by atoms with Crippen LogP contribution < -0.4 is 5.30 Å². The van der Waals surface area contributed by atoms with Gasteiger partial charge in [-0.05, 0) is 53.8 Å². The third-order valence-corrected chi connectivity index (χ3v) is 10.6. The van der Waals surface area contributed by atoms with Crippen molar-refractivity contribution in [1.82, 2.24) is 0 Å². The molecule has 0 bridgehead atoms. The lowest BCUT2D eigenvalue weighted by Crippen LogP contribution is -2.33. The number of rotatable bonds is 4. The molecule has 0 aliphatic carbocycles. The fourth-order valence-corrected chi connectivity index (χ4v) is 8.92. The van der Waals surface area contributed by atoms with Crippen molar-refractivity contribution in [2.24, 2.45) is 4.99 Å². The summed E-state index contributed by atoms with van der Waals surface area (Å²) in [6.45, 7) is 6.49. The highest BCUT2D eigenvalue weighted by Gasteiger charge is 2.50. The van der Waals surface area contributed by atoms with Crippen molar-refractivity contribution in [1.29, 1.82) is 0 Å². The number of nitrogens with zero attached hydrogens (tertiary/aromatic N) is 1. The Balaban J connectivity index is 1.70. The molecule has 2 atom stereocenters. The molecule has 1 aliphatic rings. The molecule has 3 heteroatoms. The van der Waals surface area contributed by atoms with Crippen LogP contribution in [0.4, 0.5) is 5.69 Å². The van der Waals surface area contributed by atoms with Crippen molar-refractivity contribution in [2.75, 3.05) is 6.16 Å². The van der Waals surface area contributed by atoms with E-state index in [0.29, 0.717) is 5.75 Å². The molecule has 0 amide bonds. The van der Waals surface area contributed by atoms with Crippen molar-refractivity contribution < 1.29 is 5.11 Å². The van der Waals surface area contributed by atoms with Crippen LogP contribution in [0.2, 0.25) is 0 Å². The zero-order chi connectivity index (χ0) is 27.0. The van der Waals surface area contributed by atoms with Crippen molar-refractivity contribution in [2.45, 2.75) is 38.0 Å². The molecule has 1 N–H and O–H groups in total. The maximum atomic E-state index is 12.0. The van der Waals surface area contributed by atoms with E-state index in [1.54, 1.807) is 0 Å². The van der Waals surface area contributed by atoms with Gasteiger partial charge in [-0.3, -0.25) is 4.99 Å². The van der Waals surface area contributed by atoms with Gasteiger partial charge in [0, 0.05) is 10.9 Å². The summed E-state index contributed by atoms with van der Waals surface area (Å²) in [4.78, 5) is 5.62. The van der Waals surface area contributed by atoms with E-state index in [1.165, 1.54) is 16.3 Å². The minimum atomic E-state index is -0.729. The van der Waals surface area contributed by atoms with Crippen LogP contribution in [0.15, 0.2) is 126 Å². The van der Waals surface area contributed by atoms with Crippen molar-refractivity contribution in [3.8, 4) is 5.75 Å². The summed E-state index contributed by atoms with van der Waals surface area (Å²) in [7, 11) is -0.729. The average molecular weight is 528 g/mol. The molecule has 0 aromatic heterocycles. The number of fused-ring (bicyclic) bond motifs is 1. The Kier molecular flexibility index (Phi) is 6.61.